The van der Waals surface area contributed by atoms with Crippen molar-refractivity contribution in [2.24, 2.45) is 7.05 Å². The van der Waals surface area contributed by atoms with Gasteiger partial charge in [0.25, 0.3) is 0 Å². The van der Waals surface area contributed by atoms with E-state index in [-0.39, 0.29) is 0 Å². The fraction of sp³-hybridized carbons (Fsp3) is 0.471. The van der Waals surface area contributed by atoms with E-state index in [9.17, 15) is 5.11 Å². The number of aryl methyl sites for hydroxylation is 5. The third-order valence-corrected chi connectivity index (χ3v) is 4.88. The summed E-state index contributed by atoms with van der Waals surface area (Å²) in [5, 5.41) is 15.2. The molecule has 0 aliphatic carbocycles. The number of aromatic nitrogens is 2. The van der Waals surface area contributed by atoms with E-state index in [1.165, 1.54) is 5.56 Å². The molecule has 0 amide bonds. The van der Waals surface area contributed by atoms with Crippen LogP contribution >= 0.6 is 15.9 Å². The van der Waals surface area contributed by atoms with Crippen LogP contribution in [0.25, 0.3) is 0 Å². The zero-order chi connectivity index (χ0) is 15.7. The first-order valence-corrected chi connectivity index (χ1v) is 8.10. The molecular formula is C17H23BrN2O. The van der Waals surface area contributed by atoms with Crippen molar-refractivity contribution in [3.05, 3.63) is 50.2 Å². The van der Waals surface area contributed by atoms with E-state index in [4.69, 9.17) is 0 Å². The van der Waals surface area contributed by atoms with Gasteiger partial charge < -0.3 is 5.11 Å². The lowest BCUT2D eigenvalue weighted by molar-refractivity contribution is 0.174. The van der Waals surface area contributed by atoms with Crippen LogP contribution in [0.5, 0.6) is 0 Å². The maximum Gasteiger partial charge on any atom is 0.0850 e. The highest BCUT2D eigenvalue weighted by Gasteiger charge is 2.20. The predicted octanol–water partition coefficient (Wildman–Crippen LogP) is 3.95. The van der Waals surface area contributed by atoms with Crippen LogP contribution in [-0.2, 0) is 19.9 Å². The molecule has 1 N–H and O–H groups in total. The minimum Gasteiger partial charge on any atom is -0.388 e. The van der Waals surface area contributed by atoms with Crippen LogP contribution in [0.1, 0.15) is 46.7 Å². The monoisotopic (exact) mass is 350 g/mol. The van der Waals surface area contributed by atoms with Crippen molar-refractivity contribution < 1.29 is 5.11 Å². The summed E-state index contributed by atoms with van der Waals surface area (Å²) in [5.41, 5.74) is 6.64. The predicted molar refractivity (Wildman–Crippen MR) is 89.6 cm³/mol. The number of nitrogens with zero attached hydrogens (tertiary/aromatic N) is 2. The number of aliphatic hydroxyl groups is 1. The van der Waals surface area contributed by atoms with Crippen molar-refractivity contribution in [1.29, 1.82) is 0 Å². The molecule has 2 rings (SSSR count). The summed E-state index contributed by atoms with van der Waals surface area (Å²) in [6, 6.07) is 4.25. The highest BCUT2D eigenvalue weighted by Crippen LogP contribution is 2.30. The van der Waals surface area contributed by atoms with Gasteiger partial charge in [0.1, 0.15) is 0 Å². The summed E-state index contributed by atoms with van der Waals surface area (Å²) in [6.07, 6.45) is 0.934. The van der Waals surface area contributed by atoms with Gasteiger partial charge in [0.15, 0.2) is 0 Å². The maximum atomic E-state index is 10.7. The zero-order valence-corrected chi connectivity index (χ0v) is 15.0. The number of halogens is 1. The Morgan fingerprint density at radius 3 is 2.29 bits per heavy atom. The quantitative estimate of drug-likeness (QED) is 0.906. The lowest BCUT2D eigenvalue weighted by Gasteiger charge is -2.18. The van der Waals surface area contributed by atoms with Crippen LogP contribution in [0.2, 0.25) is 0 Å². The van der Waals surface area contributed by atoms with E-state index in [0.717, 1.165) is 39.0 Å². The minimum absolute atomic E-state index is 0.512. The van der Waals surface area contributed by atoms with Gasteiger partial charge in [-0.05, 0) is 59.8 Å². The first kappa shape index (κ1) is 16.2. The summed E-state index contributed by atoms with van der Waals surface area (Å²) in [4.78, 5) is 0. The number of benzene rings is 1. The second-order valence-corrected chi connectivity index (χ2v) is 6.51. The fourth-order valence-corrected chi connectivity index (χ4v) is 3.82. The van der Waals surface area contributed by atoms with Gasteiger partial charge in [0.2, 0.25) is 0 Å². The number of rotatable bonds is 4. The van der Waals surface area contributed by atoms with Crippen molar-refractivity contribution in [3.63, 3.8) is 0 Å². The van der Waals surface area contributed by atoms with Gasteiger partial charge in [-0.2, -0.15) is 5.10 Å². The van der Waals surface area contributed by atoms with Crippen LogP contribution in [0.3, 0.4) is 0 Å². The van der Waals surface area contributed by atoms with Crippen LogP contribution < -0.4 is 0 Å². The molecule has 1 aromatic carbocycles. The lowest BCUT2D eigenvalue weighted by Crippen LogP contribution is -2.10. The van der Waals surface area contributed by atoms with Gasteiger partial charge in [0, 0.05) is 13.5 Å². The summed E-state index contributed by atoms with van der Waals surface area (Å²) in [7, 11) is 1.93. The second kappa shape index (κ2) is 6.32. The molecule has 2 aromatic rings. The van der Waals surface area contributed by atoms with E-state index in [2.05, 4.69) is 60.9 Å². The molecular weight excluding hydrogens is 328 g/mol. The Balaban J connectivity index is 2.35. The number of hydrogen-bond acceptors (Lipinski definition) is 2. The molecule has 21 heavy (non-hydrogen) atoms. The molecule has 114 valence electrons. The minimum atomic E-state index is -0.512. The molecule has 0 fully saturated rings. The molecule has 0 radical (unpaired) electrons. The zero-order valence-electron chi connectivity index (χ0n) is 13.4. The topological polar surface area (TPSA) is 38.0 Å². The highest BCUT2D eigenvalue weighted by molar-refractivity contribution is 9.10. The third kappa shape index (κ3) is 3.22. The molecule has 1 aromatic heterocycles. The van der Waals surface area contributed by atoms with Crippen LogP contribution in [-0.4, -0.2) is 14.9 Å². The van der Waals surface area contributed by atoms with Crippen molar-refractivity contribution in [3.8, 4) is 0 Å². The molecule has 0 aliphatic rings. The third-order valence-electron chi connectivity index (χ3n) is 3.96. The largest absolute Gasteiger partial charge is 0.388 e. The van der Waals surface area contributed by atoms with Crippen LogP contribution in [0.4, 0.5) is 0 Å². The maximum absolute atomic E-state index is 10.7. The average molecular weight is 351 g/mol. The first-order chi connectivity index (χ1) is 9.85. The van der Waals surface area contributed by atoms with E-state index >= 15 is 0 Å². The van der Waals surface area contributed by atoms with Crippen molar-refractivity contribution in [1.82, 2.24) is 9.78 Å². The molecule has 4 heteroatoms. The summed E-state index contributed by atoms with van der Waals surface area (Å²) < 4.78 is 2.89. The molecule has 0 bridgehead atoms. The Kier molecular flexibility index (Phi) is 4.89. The molecule has 0 aliphatic heterocycles. The summed E-state index contributed by atoms with van der Waals surface area (Å²) in [5.74, 6) is 0. The lowest BCUT2D eigenvalue weighted by atomic mass is 9.93. The smallest absolute Gasteiger partial charge is 0.0850 e. The summed E-state index contributed by atoms with van der Waals surface area (Å²) in [6.45, 7) is 8.30. The van der Waals surface area contributed by atoms with Crippen molar-refractivity contribution >= 4 is 15.9 Å². The van der Waals surface area contributed by atoms with Crippen LogP contribution in [0, 0.1) is 20.8 Å². The number of hydrogen-bond donors (Lipinski definition) is 1. The molecule has 0 saturated carbocycles. The standard InChI is InChI=1S/C17H23BrN2O/c1-6-13-17(18)14(20(5)19-13)9-15(21)16-11(3)7-10(2)8-12(16)4/h7-8,15,21H,6,9H2,1-5H3. The Hall–Kier alpha value is -1.13. The highest BCUT2D eigenvalue weighted by atomic mass is 79.9. The Morgan fingerprint density at radius 2 is 1.81 bits per heavy atom. The Bertz CT molecular complexity index is 638. The van der Waals surface area contributed by atoms with E-state index in [1.54, 1.807) is 0 Å². The van der Waals surface area contributed by atoms with Crippen molar-refractivity contribution in [2.75, 3.05) is 0 Å². The van der Waals surface area contributed by atoms with Gasteiger partial charge in [-0.3, -0.25) is 4.68 Å². The van der Waals surface area contributed by atoms with Crippen LogP contribution in [0.15, 0.2) is 16.6 Å². The van der Waals surface area contributed by atoms with Gasteiger partial charge >= 0.3 is 0 Å². The first-order valence-electron chi connectivity index (χ1n) is 7.31. The molecule has 1 heterocycles. The molecule has 1 unspecified atom stereocenters. The normalized spacial score (nSPS) is 12.7. The van der Waals surface area contributed by atoms with Gasteiger partial charge in [-0.25, -0.2) is 0 Å². The van der Waals surface area contributed by atoms with Gasteiger partial charge in [-0.15, -0.1) is 0 Å². The Morgan fingerprint density at radius 1 is 1.24 bits per heavy atom. The fourth-order valence-electron chi connectivity index (χ4n) is 3.04. The molecule has 1 atom stereocenters. The molecule has 0 spiro atoms. The average Bonchev–Trinajstić information content (AvgIpc) is 2.65. The van der Waals surface area contributed by atoms with E-state index in [0.29, 0.717) is 6.42 Å². The SMILES string of the molecule is CCc1nn(C)c(CC(O)c2c(C)cc(C)cc2C)c1Br. The van der Waals surface area contributed by atoms with Gasteiger partial charge in [-0.1, -0.05) is 24.6 Å². The Labute approximate surface area is 135 Å². The van der Waals surface area contributed by atoms with E-state index in [1.807, 2.05) is 11.7 Å². The summed E-state index contributed by atoms with van der Waals surface area (Å²) >= 11 is 3.62. The molecule has 0 saturated heterocycles. The van der Waals surface area contributed by atoms with Crippen molar-refractivity contribution in [2.45, 2.75) is 46.6 Å². The second-order valence-electron chi connectivity index (χ2n) is 5.72. The number of aliphatic hydroxyl groups excluding tert-OH is 1. The molecule has 3 nitrogen and oxygen atoms in total. The van der Waals surface area contributed by atoms with Gasteiger partial charge in [0.05, 0.1) is 22.0 Å². The van der Waals surface area contributed by atoms with E-state index < -0.39 is 6.10 Å².